The Balaban J connectivity index is 1.56. The largest absolute Gasteiger partial charge is 0.469 e. The van der Waals surface area contributed by atoms with Crippen LogP contribution in [0.2, 0.25) is 5.02 Å². The van der Waals surface area contributed by atoms with E-state index in [0.29, 0.717) is 23.0 Å². The van der Waals surface area contributed by atoms with E-state index in [9.17, 15) is 10.1 Å². The molecule has 3 heterocycles. The maximum absolute atomic E-state index is 12.0. The summed E-state index contributed by atoms with van der Waals surface area (Å²) in [5, 5.41) is 13.7. The number of hydrogen-bond donors (Lipinski definition) is 0. The van der Waals surface area contributed by atoms with Gasteiger partial charge in [0.05, 0.1) is 24.2 Å². The van der Waals surface area contributed by atoms with Crippen LogP contribution >= 0.6 is 34.9 Å². The molecule has 0 atom stereocenters. The summed E-state index contributed by atoms with van der Waals surface area (Å²) in [6.45, 7) is 3.36. The molecule has 1 aliphatic rings. The van der Waals surface area contributed by atoms with Crippen molar-refractivity contribution in [3.63, 3.8) is 0 Å². The number of hydrogen-bond acceptors (Lipinski definition) is 6. The highest BCUT2D eigenvalue weighted by molar-refractivity contribution is 7.98. The number of aryl methyl sites for hydroxylation is 1. The van der Waals surface area contributed by atoms with Crippen LogP contribution in [0.4, 0.5) is 5.69 Å². The van der Waals surface area contributed by atoms with Gasteiger partial charge >= 0.3 is 5.97 Å². The number of nitrogens with zero attached hydrogens (tertiary/aromatic N) is 3. The third kappa shape index (κ3) is 4.70. The highest BCUT2D eigenvalue weighted by Gasteiger charge is 2.34. The second-order valence-electron chi connectivity index (χ2n) is 9.53. The number of anilines is 1. The average molecular weight is 570 g/mol. The van der Waals surface area contributed by atoms with Gasteiger partial charge in [-0.25, -0.2) is 0 Å². The fourth-order valence-corrected chi connectivity index (χ4v) is 6.88. The number of benzene rings is 3. The molecule has 8 heteroatoms. The molecule has 0 N–H and O–H groups in total. The fourth-order valence-electron chi connectivity index (χ4n) is 5.05. The fraction of sp³-hybridized carbons (Fsp3) is 0.161. The van der Waals surface area contributed by atoms with Gasteiger partial charge in [0.2, 0.25) is 0 Å². The summed E-state index contributed by atoms with van der Waals surface area (Å²) < 4.78 is 7.19. The molecule has 194 valence electrons. The molecule has 39 heavy (non-hydrogen) atoms. The van der Waals surface area contributed by atoms with E-state index in [1.165, 1.54) is 18.4 Å². The first-order valence-corrected chi connectivity index (χ1v) is 14.5. The van der Waals surface area contributed by atoms with E-state index in [-0.39, 0.29) is 11.9 Å². The van der Waals surface area contributed by atoms with Gasteiger partial charge < -0.3 is 9.64 Å². The zero-order chi connectivity index (χ0) is 27.1. The summed E-state index contributed by atoms with van der Waals surface area (Å²) in [6, 6.07) is 27.2. The Bertz CT molecular complexity index is 1740. The molecule has 5 aromatic rings. The third-order valence-corrected chi connectivity index (χ3v) is 9.14. The molecule has 0 aliphatic carbocycles. The van der Waals surface area contributed by atoms with Crippen molar-refractivity contribution in [1.82, 2.24) is 3.97 Å². The van der Waals surface area contributed by atoms with Crippen LogP contribution in [-0.2, 0) is 9.53 Å². The summed E-state index contributed by atoms with van der Waals surface area (Å²) in [4.78, 5) is 15.9. The first-order chi connectivity index (χ1) is 19.0. The molecule has 5 nitrogen and oxygen atoms in total. The van der Waals surface area contributed by atoms with Crippen LogP contribution in [0, 0.1) is 24.2 Å². The Hall–Kier alpha value is -3.70. The normalized spacial score (nSPS) is 13.3. The number of methoxy groups -OCH3 is 1. The Morgan fingerprint density at radius 1 is 1.10 bits per heavy atom. The number of carbonyl (C=O) groups is 1. The van der Waals surface area contributed by atoms with Crippen LogP contribution in [0.1, 0.15) is 10.4 Å². The van der Waals surface area contributed by atoms with E-state index in [2.05, 4.69) is 64.3 Å². The van der Waals surface area contributed by atoms with Crippen molar-refractivity contribution in [2.75, 3.05) is 25.1 Å². The number of carbonyl (C=O) groups excluding carboxylic acids is 1. The molecule has 0 radical (unpaired) electrons. The van der Waals surface area contributed by atoms with Gasteiger partial charge in [-0.05, 0) is 78.8 Å². The average Bonchev–Trinajstić information content (AvgIpc) is 3.51. The minimum absolute atomic E-state index is 0.104. The first-order valence-electron chi connectivity index (χ1n) is 12.5. The lowest BCUT2D eigenvalue weighted by Crippen LogP contribution is -2.50. The Labute approximate surface area is 240 Å². The van der Waals surface area contributed by atoms with Gasteiger partial charge in [0.15, 0.2) is 0 Å². The third-order valence-electron chi connectivity index (χ3n) is 7.03. The quantitative estimate of drug-likeness (QED) is 0.194. The van der Waals surface area contributed by atoms with Crippen LogP contribution in [0.25, 0.3) is 33.3 Å². The van der Waals surface area contributed by atoms with Crippen molar-refractivity contribution in [3.05, 3.63) is 93.6 Å². The molecule has 0 spiro atoms. The maximum atomic E-state index is 12.0. The molecule has 0 bridgehead atoms. The zero-order valence-electron chi connectivity index (χ0n) is 21.3. The smallest absolute Gasteiger partial charge is 0.312 e. The number of rotatable bonds is 6. The molecule has 1 aliphatic heterocycles. The molecule has 6 rings (SSSR count). The van der Waals surface area contributed by atoms with Gasteiger partial charge in [-0.15, -0.1) is 11.3 Å². The molecule has 1 fully saturated rings. The van der Waals surface area contributed by atoms with Gasteiger partial charge in [-0.1, -0.05) is 35.4 Å². The summed E-state index contributed by atoms with van der Waals surface area (Å²) in [5.74, 6) is -0.269. The standard InChI is InChI=1S/C31H24ClN3O2S2/c1-19-6-11-27-26(14-19)29(25-12-13-38-28(25)16-33)30(35(27)39-24-9-7-22(32)8-10-24)20-4-3-5-23(15-20)34-17-21(18-34)31(36)37-2/h3-15,21H,17-18H2,1-2H3. The van der Waals surface area contributed by atoms with Gasteiger partial charge in [0.1, 0.15) is 10.9 Å². The molecular weight excluding hydrogens is 546 g/mol. The summed E-state index contributed by atoms with van der Waals surface area (Å²) in [5.41, 5.74) is 7.31. The first kappa shape index (κ1) is 25.6. The predicted octanol–water partition coefficient (Wildman–Crippen LogP) is 8.03. The van der Waals surface area contributed by atoms with Gasteiger partial charge in [-0.3, -0.25) is 8.77 Å². The number of ether oxygens (including phenoxy) is 1. The van der Waals surface area contributed by atoms with Crippen LogP contribution in [-0.4, -0.2) is 30.1 Å². The van der Waals surface area contributed by atoms with E-state index >= 15 is 0 Å². The Morgan fingerprint density at radius 3 is 2.64 bits per heavy atom. The molecule has 2 aromatic heterocycles. The van der Waals surface area contributed by atoms with E-state index in [4.69, 9.17) is 16.3 Å². The topological polar surface area (TPSA) is 58.3 Å². The van der Waals surface area contributed by atoms with E-state index in [1.54, 1.807) is 11.9 Å². The lowest BCUT2D eigenvalue weighted by Gasteiger charge is -2.39. The lowest BCUT2D eigenvalue weighted by molar-refractivity contribution is -0.146. The van der Waals surface area contributed by atoms with Crippen molar-refractivity contribution < 1.29 is 9.53 Å². The van der Waals surface area contributed by atoms with Crippen molar-refractivity contribution in [2.24, 2.45) is 5.92 Å². The molecular formula is C31H24ClN3O2S2. The summed E-state index contributed by atoms with van der Waals surface area (Å²) in [6.07, 6.45) is 0. The molecule has 0 amide bonds. The number of nitriles is 1. The van der Waals surface area contributed by atoms with Crippen molar-refractivity contribution in [1.29, 1.82) is 5.26 Å². The summed E-state index contributed by atoms with van der Waals surface area (Å²) >= 11 is 9.27. The number of aromatic nitrogens is 1. The van der Waals surface area contributed by atoms with E-state index in [0.717, 1.165) is 49.4 Å². The molecule has 1 saturated heterocycles. The van der Waals surface area contributed by atoms with Crippen LogP contribution in [0.5, 0.6) is 0 Å². The highest BCUT2D eigenvalue weighted by atomic mass is 35.5. The van der Waals surface area contributed by atoms with Crippen molar-refractivity contribution in [3.8, 4) is 28.5 Å². The second-order valence-corrected chi connectivity index (χ2v) is 11.9. The minimum Gasteiger partial charge on any atom is -0.469 e. The molecule has 0 unspecified atom stereocenters. The van der Waals surface area contributed by atoms with E-state index < -0.39 is 0 Å². The summed E-state index contributed by atoms with van der Waals surface area (Å²) in [7, 11) is 1.44. The molecule has 0 saturated carbocycles. The predicted molar refractivity (Wildman–Crippen MR) is 161 cm³/mol. The maximum Gasteiger partial charge on any atom is 0.312 e. The number of fused-ring (bicyclic) bond motifs is 1. The van der Waals surface area contributed by atoms with Gasteiger partial charge in [0, 0.05) is 50.8 Å². The van der Waals surface area contributed by atoms with Crippen LogP contribution in [0.15, 0.2) is 83.1 Å². The minimum atomic E-state index is -0.166. The van der Waals surface area contributed by atoms with Crippen LogP contribution in [0.3, 0.4) is 0 Å². The second kappa shape index (κ2) is 10.5. The Morgan fingerprint density at radius 2 is 1.90 bits per heavy atom. The zero-order valence-corrected chi connectivity index (χ0v) is 23.7. The van der Waals surface area contributed by atoms with Crippen LogP contribution < -0.4 is 4.90 Å². The Kier molecular flexibility index (Phi) is 6.86. The highest BCUT2D eigenvalue weighted by Crippen LogP contribution is 2.47. The van der Waals surface area contributed by atoms with E-state index in [1.807, 2.05) is 35.7 Å². The number of esters is 1. The number of thiophene rings is 1. The SMILES string of the molecule is COC(=O)C1CN(c2cccc(-c3c(-c4ccsc4C#N)c4cc(C)ccc4n3Sc3ccc(Cl)cc3)c2)C1. The van der Waals surface area contributed by atoms with Gasteiger partial charge in [0.25, 0.3) is 0 Å². The van der Waals surface area contributed by atoms with Gasteiger partial charge in [-0.2, -0.15) is 5.26 Å². The monoisotopic (exact) mass is 569 g/mol. The lowest BCUT2D eigenvalue weighted by atomic mass is 9.96. The number of halogens is 1. The van der Waals surface area contributed by atoms with Crippen molar-refractivity contribution >= 4 is 57.4 Å². The molecule has 3 aromatic carbocycles. The van der Waals surface area contributed by atoms with Crippen molar-refractivity contribution in [2.45, 2.75) is 11.8 Å².